The number of rotatable bonds is 1. The zero-order valence-electron chi connectivity index (χ0n) is 10.7. The molecule has 1 aromatic heterocycles. The third-order valence-corrected chi connectivity index (χ3v) is 3.43. The molecule has 0 bridgehead atoms. The zero-order chi connectivity index (χ0) is 12.7. The Labute approximate surface area is 106 Å². The highest BCUT2D eigenvalue weighted by Gasteiger charge is 2.30. The number of anilines is 1. The molecule has 0 saturated carbocycles. The molecule has 2 unspecified atom stereocenters. The van der Waals surface area contributed by atoms with Crippen LogP contribution in [0, 0.1) is 0 Å². The van der Waals surface area contributed by atoms with Gasteiger partial charge in [-0.15, -0.1) is 0 Å². The van der Waals surface area contributed by atoms with Crippen LogP contribution in [0.3, 0.4) is 0 Å². The average Bonchev–Trinajstić information content (AvgIpc) is 2.87. The second kappa shape index (κ2) is 4.24. The van der Waals surface area contributed by atoms with Gasteiger partial charge in [0.2, 0.25) is 11.9 Å². The summed E-state index contributed by atoms with van der Waals surface area (Å²) in [6.07, 6.45) is 0. The SMILES string of the molecule is CC(=O)N1CC(C)NC(c2nc3n(n2)CCN3)C1. The maximum atomic E-state index is 11.5. The monoisotopic (exact) mass is 250 g/mol. The van der Waals surface area contributed by atoms with Crippen molar-refractivity contribution in [1.82, 2.24) is 25.0 Å². The molecule has 0 aliphatic carbocycles. The molecule has 0 aromatic carbocycles. The lowest BCUT2D eigenvalue weighted by Crippen LogP contribution is -2.52. The fourth-order valence-electron chi connectivity index (χ4n) is 2.56. The van der Waals surface area contributed by atoms with E-state index < -0.39 is 0 Å². The standard InChI is InChI=1S/C11H18N6O/c1-7-5-16(8(2)18)6-9(13-7)10-14-11-12-3-4-17(11)15-10/h7,9,13H,3-6H2,1-2H3,(H,12,14,15). The number of carbonyl (C=O) groups excluding carboxylic acids is 1. The lowest BCUT2D eigenvalue weighted by atomic mass is 10.1. The van der Waals surface area contributed by atoms with E-state index in [2.05, 4.69) is 27.6 Å². The van der Waals surface area contributed by atoms with Gasteiger partial charge in [0, 0.05) is 32.6 Å². The summed E-state index contributed by atoms with van der Waals surface area (Å²) in [6, 6.07) is 0.288. The summed E-state index contributed by atoms with van der Waals surface area (Å²) in [5.74, 6) is 1.72. The van der Waals surface area contributed by atoms with Crippen LogP contribution in [-0.4, -0.2) is 51.2 Å². The van der Waals surface area contributed by atoms with Crippen LogP contribution >= 0.6 is 0 Å². The van der Waals surface area contributed by atoms with E-state index in [9.17, 15) is 4.79 Å². The summed E-state index contributed by atoms with van der Waals surface area (Å²) in [7, 11) is 0. The van der Waals surface area contributed by atoms with Crippen molar-refractivity contribution in [3.8, 4) is 0 Å². The molecule has 0 radical (unpaired) electrons. The van der Waals surface area contributed by atoms with Gasteiger partial charge in [0.05, 0.1) is 12.6 Å². The van der Waals surface area contributed by atoms with Crippen molar-refractivity contribution >= 4 is 11.9 Å². The summed E-state index contributed by atoms with van der Waals surface area (Å²) in [5.41, 5.74) is 0. The van der Waals surface area contributed by atoms with Crippen LogP contribution in [-0.2, 0) is 11.3 Å². The number of nitrogens with one attached hydrogen (secondary N) is 2. The third-order valence-electron chi connectivity index (χ3n) is 3.43. The highest BCUT2D eigenvalue weighted by molar-refractivity contribution is 5.73. The number of piperazine rings is 1. The van der Waals surface area contributed by atoms with Crippen molar-refractivity contribution in [3.63, 3.8) is 0 Å². The summed E-state index contributed by atoms with van der Waals surface area (Å²) in [4.78, 5) is 17.8. The quantitative estimate of drug-likeness (QED) is 0.708. The Morgan fingerprint density at radius 3 is 3.00 bits per heavy atom. The molecule has 2 aliphatic rings. The fourth-order valence-corrected chi connectivity index (χ4v) is 2.56. The molecule has 7 heteroatoms. The minimum absolute atomic E-state index is 0.0255. The Hall–Kier alpha value is -1.63. The van der Waals surface area contributed by atoms with Gasteiger partial charge < -0.3 is 15.5 Å². The van der Waals surface area contributed by atoms with Crippen molar-refractivity contribution in [2.45, 2.75) is 32.5 Å². The number of carbonyl (C=O) groups is 1. The Morgan fingerprint density at radius 1 is 1.44 bits per heavy atom. The molecule has 3 rings (SSSR count). The van der Waals surface area contributed by atoms with Crippen LogP contribution in [0.4, 0.5) is 5.95 Å². The minimum Gasteiger partial charge on any atom is -0.353 e. The van der Waals surface area contributed by atoms with E-state index in [0.717, 1.165) is 31.4 Å². The number of nitrogens with zero attached hydrogens (tertiary/aromatic N) is 4. The van der Waals surface area contributed by atoms with Crippen molar-refractivity contribution in [2.75, 3.05) is 25.0 Å². The first kappa shape index (κ1) is 11.5. The van der Waals surface area contributed by atoms with Crippen LogP contribution in [0.1, 0.15) is 25.7 Å². The number of hydrogen-bond donors (Lipinski definition) is 2. The van der Waals surface area contributed by atoms with E-state index >= 15 is 0 Å². The molecular formula is C11H18N6O. The summed E-state index contributed by atoms with van der Waals surface area (Å²) >= 11 is 0. The summed E-state index contributed by atoms with van der Waals surface area (Å²) in [5, 5.41) is 11.1. The Balaban J connectivity index is 1.80. The summed E-state index contributed by atoms with van der Waals surface area (Å²) in [6.45, 7) is 6.83. The largest absolute Gasteiger partial charge is 0.353 e. The molecule has 7 nitrogen and oxygen atoms in total. The second-order valence-electron chi connectivity index (χ2n) is 4.99. The van der Waals surface area contributed by atoms with Gasteiger partial charge in [0.25, 0.3) is 0 Å². The lowest BCUT2D eigenvalue weighted by molar-refractivity contribution is -0.130. The third kappa shape index (κ3) is 1.94. The van der Waals surface area contributed by atoms with Crippen molar-refractivity contribution < 1.29 is 4.79 Å². The molecule has 98 valence electrons. The van der Waals surface area contributed by atoms with Gasteiger partial charge in [-0.3, -0.25) is 4.79 Å². The number of amides is 1. The van der Waals surface area contributed by atoms with E-state index in [1.807, 2.05) is 9.58 Å². The fraction of sp³-hybridized carbons (Fsp3) is 0.727. The minimum atomic E-state index is 0.0255. The topological polar surface area (TPSA) is 75.1 Å². The highest BCUT2D eigenvalue weighted by atomic mass is 16.2. The first-order valence-electron chi connectivity index (χ1n) is 6.33. The lowest BCUT2D eigenvalue weighted by Gasteiger charge is -2.35. The molecular weight excluding hydrogens is 232 g/mol. The van der Waals surface area contributed by atoms with Crippen LogP contribution in [0.2, 0.25) is 0 Å². The maximum absolute atomic E-state index is 11.5. The Morgan fingerprint density at radius 2 is 2.28 bits per heavy atom. The van der Waals surface area contributed by atoms with Gasteiger partial charge in [0.1, 0.15) is 0 Å². The Bertz CT molecular complexity index is 449. The first-order valence-corrected chi connectivity index (χ1v) is 6.33. The van der Waals surface area contributed by atoms with Crippen molar-refractivity contribution in [2.24, 2.45) is 0 Å². The van der Waals surface area contributed by atoms with Gasteiger partial charge in [-0.25, -0.2) is 4.68 Å². The molecule has 2 atom stereocenters. The van der Waals surface area contributed by atoms with Gasteiger partial charge >= 0.3 is 0 Å². The molecule has 3 heterocycles. The zero-order valence-corrected chi connectivity index (χ0v) is 10.7. The van der Waals surface area contributed by atoms with Crippen LogP contribution < -0.4 is 10.6 Å². The van der Waals surface area contributed by atoms with E-state index in [-0.39, 0.29) is 18.0 Å². The molecule has 1 saturated heterocycles. The number of hydrogen-bond acceptors (Lipinski definition) is 5. The van der Waals surface area contributed by atoms with E-state index in [1.165, 1.54) is 0 Å². The highest BCUT2D eigenvalue weighted by Crippen LogP contribution is 2.20. The first-order chi connectivity index (χ1) is 8.63. The second-order valence-corrected chi connectivity index (χ2v) is 4.99. The maximum Gasteiger partial charge on any atom is 0.221 e. The summed E-state index contributed by atoms with van der Waals surface area (Å²) < 4.78 is 1.88. The van der Waals surface area contributed by atoms with Crippen LogP contribution in [0.15, 0.2) is 0 Å². The number of fused-ring (bicyclic) bond motifs is 1. The van der Waals surface area contributed by atoms with E-state index in [1.54, 1.807) is 6.92 Å². The Kier molecular flexibility index (Phi) is 2.70. The predicted octanol–water partition coefficient (Wildman–Crippen LogP) is -0.415. The smallest absolute Gasteiger partial charge is 0.221 e. The van der Waals surface area contributed by atoms with Crippen molar-refractivity contribution in [1.29, 1.82) is 0 Å². The van der Waals surface area contributed by atoms with Gasteiger partial charge in [-0.1, -0.05) is 0 Å². The number of aromatic nitrogens is 3. The van der Waals surface area contributed by atoms with Gasteiger partial charge in [-0.05, 0) is 6.92 Å². The predicted molar refractivity (Wildman–Crippen MR) is 66.1 cm³/mol. The average molecular weight is 250 g/mol. The van der Waals surface area contributed by atoms with Gasteiger partial charge in [0.15, 0.2) is 5.82 Å². The van der Waals surface area contributed by atoms with Gasteiger partial charge in [-0.2, -0.15) is 10.1 Å². The molecule has 2 N–H and O–H groups in total. The molecule has 2 aliphatic heterocycles. The van der Waals surface area contributed by atoms with E-state index in [0.29, 0.717) is 6.54 Å². The van der Waals surface area contributed by atoms with Crippen LogP contribution in [0.5, 0.6) is 0 Å². The molecule has 1 aromatic rings. The molecule has 18 heavy (non-hydrogen) atoms. The van der Waals surface area contributed by atoms with E-state index in [4.69, 9.17) is 0 Å². The van der Waals surface area contributed by atoms with Crippen molar-refractivity contribution in [3.05, 3.63) is 5.82 Å². The molecule has 1 fully saturated rings. The molecule has 0 spiro atoms. The van der Waals surface area contributed by atoms with Crippen LogP contribution in [0.25, 0.3) is 0 Å². The molecule has 1 amide bonds. The normalized spacial score (nSPS) is 26.9.